The second-order valence-electron chi connectivity index (χ2n) is 4.94. The van der Waals surface area contributed by atoms with Gasteiger partial charge in [0.25, 0.3) is 0 Å². The molecule has 1 saturated heterocycles. The largest absolute Gasteiger partial charge is 0.291 e. The van der Waals surface area contributed by atoms with Crippen molar-refractivity contribution in [3.05, 3.63) is 48.3 Å². The summed E-state index contributed by atoms with van der Waals surface area (Å²) in [5, 5.41) is 4.79. The first-order valence-corrected chi connectivity index (χ1v) is 9.28. The summed E-state index contributed by atoms with van der Waals surface area (Å²) in [6.07, 6.45) is 2.75. The number of carbonyl (C=O) groups is 1. The first kappa shape index (κ1) is 14.7. The van der Waals surface area contributed by atoms with Gasteiger partial charge in [-0.3, -0.25) is 4.79 Å². The highest BCUT2D eigenvalue weighted by Crippen LogP contribution is 2.35. The number of thioether (sulfide) groups is 2. The molecule has 0 spiro atoms. The number of Topliss-reactive ketones (excluding diaryl/α,β-unsaturated/α-hetero) is 1. The fourth-order valence-corrected chi connectivity index (χ4v) is 5.57. The normalized spacial score (nSPS) is 22.1. The molecule has 0 aliphatic carbocycles. The van der Waals surface area contributed by atoms with Gasteiger partial charge in [-0.05, 0) is 24.6 Å². The predicted molar refractivity (Wildman–Crippen MR) is 90.7 cm³/mol. The van der Waals surface area contributed by atoms with Crippen molar-refractivity contribution < 1.29 is 4.79 Å². The van der Waals surface area contributed by atoms with E-state index in [1.807, 2.05) is 48.2 Å². The van der Waals surface area contributed by atoms with Gasteiger partial charge in [-0.15, -0.1) is 11.8 Å². The molecule has 3 nitrogen and oxygen atoms in total. The maximum absolute atomic E-state index is 12.9. The highest BCUT2D eigenvalue weighted by atomic mass is 32.2. The van der Waals surface area contributed by atoms with Crippen molar-refractivity contribution >= 4 is 29.3 Å². The van der Waals surface area contributed by atoms with E-state index in [2.05, 4.69) is 12.0 Å². The van der Waals surface area contributed by atoms with E-state index in [-0.39, 0.29) is 11.0 Å². The molecule has 0 N–H and O–H groups in total. The summed E-state index contributed by atoms with van der Waals surface area (Å²) in [5.41, 5.74) is 1.63. The lowest BCUT2D eigenvalue weighted by Gasteiger charge is -2.28. The lowest BCUT2D eigenvalue weighted by molar-refractivity contribution is 0.0980. The van der Waals surface area contributed by atoms with Crippen molar-refractivity contribution in [1.29, 1.82) is 0 Å². The third kappa shape index (κ3) is 3.04. The standard InChI is InChI=1S/C16H18N2OS2/c1-2-14-16(21-11-10-20-14)15(19)13-8-9-17-18(13)12-6-4-3-5-7-12/h3-9,14,16H,2,10-11H2,1H3. The van der Waals surface area contributed by atoms with E-state index in [1.54, 1.807) is 22.6 Å². The summed E-state index contributed by atoms with van der Waals surface area (Å²) < 4.78 is 1.76. The summed E-state index contributed by atoms with van der Waals surface area (Å²) in [6.45, 7) is 2.16. The molecule has 0 bridgehead atoms. The third-order valence-electron chi connectivity index (χ3n) is 3.61. The zero-order valence-electron chi connectivity index (χ0n) is 11.9. The van der Waals surface area contributed by atoms with Gasteiger partial charge in [0.05, 0.1) is 17.1 Å². The van der Waals surface area contributed by atoms with Crippen molar-refractivity contribution in [2.24, 2.45) is 0 Å². The van der Waals surface area contributed by atoms with Gasteiger partial charge in [-0.1, -0.05) is 25.1 Å². The first-order chi connectivity index (χ1) is 10.3. The Labute approximate surface area is 133 Å². The maximum atomic E-state index is 12.9. The molecule has 0 saturated carbocycles. The number of ketones is 1. The van der Waals surface area contributed by atoms with Crippen LogP contribution in [0.25, 0.3) is 5.69 Å². The van der Waals surface area contributed by atoms with Gasteiger partial charge in [0, 0.05) is 16.8 Å². The minimum Gasteiger partial charge on any atom is -0.291 e. The molecule has 0 radical (unpaired) electrons. The second-order valence-corrected chi connectivity index (χ2v) is 7.53. The van der Waals surface area contributed by atoms with E-state index in [4.69, 9.17) is 0 Å². The van der Waals surface area contributed by atoms with Crippen molar-refractivity contribution in [2.45, 2.75) is 23.8 Å². The smallest absolute Gasteiger partial charge is 0.195 e. The van der Waals surface area contributed by atoms with Crippen molar-refractivity contribution in [1.82, 2.24) is 9.78 Å². The number of nitrogens with zero attached hydrogens (tertiary/aromatic N) is 2. The van der Waals surface area contributed by atoms with E-state index >= 15 is 0 Å². The van der Waals surface area contributed by atoms with Crippen molar-refractivity contribution in [3.8, 4) is 5.69 Å². The zero-order valence-corrected chi connectivity index (χ0v) is 13.6. The fourth-order valence-electron chi connectivity index (χ4n) is 2.56. The van der Waals surface area contributed by atoms with Gasteiger partial charge in [0.15, 0.2) is 5.78 Å². The quantitative estimate of drug-likeness (QED) is 0.806. The molecular formula is C16H18N2OS2. The van der Waals surface area contributed by atoms with E-state index in [0.717, 1.165) is 23.6 Å². The molecule has 2 atom stereocenters. The molecule has 2 unspecified atom stereocenters. The molecule has 2 heterocycles. The molecule has 0 amide bonds. The van der Waals surface area contributed by atoms with Gasteiger partial charge in [-0.25, -0.2) is 4.68 Å². The van der Waals surface area contributed by atoms with Crippen LogP contribution in [0.3, 0.4) is 0 Å². The number of hydrogen-bond donors (Lipinski definition) is 0. The van der Waals surface area contributed by atoms with Crippen LogP contribution in [0.2, 0.25) is 0 Å². The summed E-state index contributed by atoms with van der Waals surface area (Å²) in [4.78, 5) is 12.9. The topological polar surface area (TPSA) is 34.9 Å². The summed E-state index contributed by atoms with van der Waals surface area (Å²) in [5.74, 6) is 2.41. The van der Waals surface area contributed by atoms with E-state index in [9.17, 15) is 4.79 Å². The predicted octanol–water partition coefficient (Wildman–Crippen LogP) is 3.68. The van der Waals surface area contributed by atoms with Crippen LogP contribution in [-0.2, 0) is 0 Å². The number of carbonyl (C=O) groups excluding carboxylic acids is 1. The van der Waals surface area contributed by atoms with Crippen LogP contribution in [0.1, 0.15) is 23.8 Å². The highest BCUT2D eigenvalue weighted by molar-refractivity contribution is 8.07. The molecule has 3 rings (SSSR count). The molecular weight excluding hydrogens is 300 g/mol. The average molecular weight is 318 g/mol. The van der Waals surface area contributed by atoms with Crippen LogP contribution >= 0.6 is 23.5 Å². The van der Waals surface area contributed by atoms with Crippen LogP contribution in [0.4, 0.5) is 0 Å². The number of para-hydroxylation sites is 1. The fraction of sp³-hybridized carbons (Fsp3) is 0.375. The van der Waals surface area contributed by atoms with Gasteiger partial charge < -0.3 is 0 Å². The number of benzene rings is 1. The molecule has 1 aromatic carbocycles. The van der Waals surface area contributed by atoms with Crippen LogP contribution < -0.4 is 0 Å². The highest BCUT2D eigenvalue weighted by Gasteiger charge is 2.33. The molecule has 5 heteroatoms. The summed E-state index contributed by atoms with van der Waals surface area (Å²) in [7, 11) is 0. The zero-order chi connectivity index (χ0) is 14.7. The molecule has 1 aliphatic rings. The SMILES string of the molecule is CCC1SCCSC1C(=O)c1ccnn1-c1ccccc1. The Bertz CT molecular complexity index is 612. The van der Waals surface area contributed by atoms with E-state index in [0.29, 0.717) is 10.9 Å². The minimum atomic E-state index is 0.0490. The van der Waals surface area contributed by atoms with Gasteiger partial charge in [0.2, 0.25) is 0 Å². The summed E-state index contributed by atoms with van der Waals surface area (Å²) >= 11 is 3.72. The Morgan fingerprint density at radius 1 is 1.24 bits per heavy atom. The van der Waals surface area contributed by atoms with Crippen LogP contribution in [0.15, 0.2) is 42.6 Å². The lowest BCUT2D eigenvalue weighted by Crippen LogP contribution is -2.33. The van der Waals surface area contributed by atoms with Crippen molar-refractivity contribution in [2.75, 3.05) is 11.5 Å². The van der Waals surface area contributed by atoms with Gasteiger partial charge in [0.1, 0.15) is 5.69 Å². The van der Waals surface area contributed by atoms with E-state index < -0.39 is 0 Å². The second kappa shape index (κ2) is 6.71. The summed E-state index contributed by atoms with van der Waals surface area (Å²) in [6, 6.07) is 11.7. The number of rotatable bonds is 4. The third-order valence-corrected chi connectivity index (χ3v) is 6.85. The Kier molecular flexibility index (Phi) is 4.70. The molecule has 110 valence electrons. The lowest BCUT2D eigenvalue weighted by atomic mass is 10.1. The minimum absolute atomic E-state index is 0.0490. The number of aromatic nitrogens is 2. The van der Waals surface area contributed by atoms with Gasteiger partial charge >= 0.3 is 0 Å². The van der Waals surface area contributed by atoms with Crippen LogP contribution in [0, 0.1) is 0 Å². The van der Waals surface area contributed by atoms with Crippen LogP contribution in [0.5, 0.6) is 0 Å². The van der Waals surface area contributed by atoms with Crippen molar-refractivity contribution in [3.63, 3.8) is 0 Å². The Morgan fingerprint density at radius 2 is 2.00 bits per heavy atom. The maximum Gasteiger partial charge on any atom is 0.195 e. The van der Waals surface area contributed by atoms with Gasteiger partial charge in [-0.2, -0.15) is 16.9 Å². The molecule has 21 heavy (non-hydrogen) atoms. The first-order valence-electron chi connectivity index (χ1n) is 7.18. The Balaban J connectivity index is 1.90. The molecule has 1 aromatic heterocycles. The Hall–Kier alpha value is -1.20. The van der Waals surface area contributed by atoms with Crippen LogP contribution in [-0.4, -0.2) is 37.6 Å². The molecule has 1 aliphatic heterocycles. The molecule has 1 fully saturated rings. The average Bonchev–Trinajstić information content (AvgIpc) is 3.04. The monoisotopic (exact) mass is 318 g/mol. The van der Waals surface area contributed by atoms with E-state index in [1.165, 1.54) is 0 Å². The number of hydrogen-bond acceptors (Lipinski definition) is 4. The Morgan fingerprint density at radius 3 is 2.76 bits per heavy atom. The molecule has 2 aromatic rings.